The average Bonchev–Trinajstić information content (AvgIpc) is 2.53. The van der Waals surface area contributed by atoms with Gasteiger partial charge in [0.25, 0.3) is 0 Å². The van der Waals surface area contributed by atoms with Crippen molar-refractivity contribution >= 4 is 0 Å². The number of rotatable bonds is 0. The van der Waals surface area contributed by atoms with Crippen molar-refractivity contribution in [3.8, 4) is 6.19 Å². The van der Waals surface area contributed by atoms with Gasteiger partial charge < -0.3 is 4.90 Å². The van der Waals surface area contributed by atoms with Crippen molar-refractivity contribution in [3.05, 3.63) is 17.0 Å². The van der Waals surface area contributed by atoms with Gasteiger partial charge in [-0.3, -0.25) is 5.10 Å². The highest BCUT2D eigenvalue weighted by molar-refractivity contribution is 5.28. The second-order valence-corrected chi connectivity index (χ2v) is 2.72. The third kappa shape index (κ3) is 0.777. The maximum Gasteiger partial charge on any atom is 0.180 e. The molecule has 0 amide bonds. The molecular formula is C7H8N4. The van der Waals surface area contributed by atoms with Crippen molar-refractivity contribution in [2.24, 2.45) is 0 Å². The molecule has 0 saturated carbocycles. The van der Waals surface area contributed by atoms with E-state index < -0.39 is 0 Å². The molecule has 2 rings (SSSR count). The standard InChI is InChI=1S/C7H8N4/c1-5-6-2-11(4-8)3-7(6)10-9-5/h2-3H2,1H3,(H,9,10). The molecule has 0 unspecified atom stereocenters. The molecule has 0 bridgehead atoms. The lowest BCUT2D eigenvalue weighted by atomic mass is 10.2. The Bertz CT molecular complexity index is 320. The van der Waals surface area contributed by atoms with E-state index in [9.17, 15) is 0 Å². The monoisotopic (exact) mass is 148 g/mol. The van der Waals surface area contributed by atoms with Gasteiger partial charge in [0.15, 0.2) is 6.19 Å². The van der Waals surface area contributed by atoms with E-state index in [0.717, 1.165) is 11.4 Å². The number of hydrogen-bond donors (Lipinski definition) is 1. The quantitative estimate of drug-likeness (QED) is 0.545. The SMILES string of the molecule is Cc1n[nH]c2c1CN(C#N)C2. The number of nitrogens with zero attached hydrogens (tertiary/aromatic N) is 3. The molecule has 0 spiro atoms. The first-order chi connectivity index (χ1) is 5.31. The van der Waals surface area contributed by atoms with Gasteiger partial charge in [0.2, 0.25) is 0 Å². The zero-order chi connectivity index (χ0) is 7.84. The molecule has 0 fully saturated rings. The van der Waals surface area contributed by atoms with E-state index in [2.05, 4.69) is 16.4 Å². The van der Waals surface area contributed by atoms with E-state index in [-0.39, 0.29) is 0 Å². The zero-order valence-electron chi connectivity index (χ0n) is 6.26. The number of hydrogen-bond acceptors (Lipinski definition) is 3. The van der Waals surface area contributed by atoms with E-state index in [0.29, 0.717) is 13.1 Å². The summed E-state index contributed by atoms with van der Waals surface area (Å²) < 4.78 is 0. The second-order valence-electron chi connectivity index (χ2n) is 2.72. The normalized spacial score (nSPS) is 14.7. The molecule has 1 aromatic rings. The van der Waals surface area contributed by atoms with Crippen LogP contribution in [-0.4, -0.2) is 15.1 Å². The molecule has 2 heterocycles. The fourth-order valence-corrected chi connectivity index (χ4v) is 1.35. The Morgan fingerprint density at radius 2 is 2.45 bits per heavy atom. The van der Waals surface area contributed by atoms with Gasteiger partial charge in [-0.1, -0.05) is 0 Å². The molecule has 0 aromatic carbocycles. The minimum absolute atomic E-state index is 0.687. The third-order valence-corrected chi connectivity index (χ3v) is 2.00. The fourth-order valence-electron chi connectivity index (χ4n) is 1.35. The lowest BCUT2D eigenvalue weighted by Gasteiger charge is -2.02. The van der Waals surface area contributed by atoms with Crippen LogP contribution in [0.25, 0.3) is 0 Å². The van der Waals surface area contributed by atoms with Crippen molar-refractivity contribution in [2.45, 2.75) is 20.0 Å². The number of nitriles is 1. The number of aromatic amines is 1. The number of nitrogens with one attached hydrogen (secondary N) is 1. The zero-order valence-corrected chi connectivity index (χ0v) is 6.26. The van der Waals surface area contributed by atoms with Crippen LogP contribution in [-0.2, 0) is 13.1 Å². The first kappa shape index (κ1) is 6.23. The van der Waals surface area contributed by atoms with Gasteiger partial charge in [-0.25, -0.2) is 0 Å². The Balaban J connectivity index is 2.36. The van der Waals surface area contributed by atoms with Crippen molar-refractivity contribution in [1.29, 1.82) is 5.26 Å². The van der Waals surface area contributed by atoms with E-state index in [1.54, 1.807) is 4.90 Å². The molecule has 1 N–H and O–H groups in total. The van der Waals surface area contributed by atoms with Gasteiger partial charge in [0.1, 0.15) is 0 Å². The predicted molar refractivity (Wildman–Crippen MR) is 38.2 cm³/mol. The van der Waals surface area contributed by atoms with Crippen LogP contribution in [0.1, 0.15) is 17.0 Å². The van der Waals surface area contributed by atoms with Crippen molar-refractivity contribution in [3.63, 3.8) is 0 Å². The summed E-state index contributed by atoms with van der Waals surface area (Å²) in [6, 6.07) is 0. The smallest absolute Gasteiger partial charge is 0.180 e. The minimum atomic E-state index is 0.687. The van der Waals surface area contributed by atoms with Gasteiger partial charge in [0.05, 0.1) is 24.5 Å². The molecule has 0 radical (unpaired) electrons. The topological polar surface area (TPSA) is 55.7 Å². The van der Waals surface area contributed by atoms with Crippen LogP contribution in [0.3, 0.4) is 0 Å². The first-order valence-electron chi connectivity index (χ1n) is 3.48. The summed E-state index contributed by atoms with van der Waals surface area (Å²) in [5, 5.41) is 15.5. The summed E-state index contributed by atoms with van der Waals surface area (Å²) >= 11 is 0. The molecule has 1 aliphatic rings. The van der Waals surface area contributed by atoms with E-state index in [1.807, 2.05) is 6.92 Å². The van der Waals surface area contributed by atoms with Gasteiger partial charge in [-0.05, 0) is 6.92 Å². The largest absolute Gasteiger partial charge is 0.300 e. The molecule has 1 aliphatic heterocycles. The Labute approximate surface area is 64.4 Å². The van der Waals surface area contributed by atoms with Gasteiger partial charge in [0, 0.05) is 5.56 Å². The number of fused-ring (bicyclic) bond motifs is 1. The predicted octanol–water partition coefficient (Wildman–Crippen LogP) is 0.515. The van der Waals surface area contributed by atoms with E-state index >= 15 is 0 Å². The maximum atomic E-state index is 8.59. The lowest BCUT2D eigenvalue weighted by molar-refractivity contribution is 0.410. The van der Waals surface area contributed by atoms with Gasteiger partial charge >= 0.3 is 0 Å². The molecule has 0 aliphatic carbocycles. The highest BCUT2D eigenvalue weighted by Gasteiger charge is 2.21. The average molecular weight is 148 g/mol. The number of aryl methyl sites for hydroxylation is 1. The molecular weight excluding hydrogens is 140 g/mol. The van der Waals surface area contributed by atoms with Crippen molar-refractivity contribution < 1.29 is 0 Å². The molecule has 0 atom stereocenters. The molecule has 4 heteroatoms. The number of H-pyrrole nitrogens is 1. The van der Waals surface area contributed by atoms with E-state index in [4.69, 9.17) is 5.26 Å². The third-order valence-electron chi connectivity index (χ3n) is 2.00. The second kappa shape index (κ2) is 1.99. The van der Waals surface area contributed by atoms with Gasteiger partial charge in [-0.2, -0.15) is 10.4 Å². The van der Waals surface area contributed by atoms with Crippen LogP contribution < -0.4 is 0 Å². The summed E-state index contributed by atoms with van der Waals surface area (Å²) in [5.74, 6) is 0. The van der Waals surface area contributed by atoms with Crippen LogP contribution in [0.2, 0.25) is 0 Å². The van der Waals surface area contributed by atoms with Gasteiger partial charge in [-0.15, -0.1) is 0 Å². The lowest BCUT2D eigenvalue weighted by Crippen LogP contribution is -2.08. The number of aromatic nitrogens is 2. The first-order valence-corrected chi connectivity index (χ1v) is 3.48. The Morgan fingerprint density at radius 1 is 1.64 bits per heavy atom. The fraction of sp³-hybridized carbons (Fsp3) is 0.429. The van der Waals surface area contributed by atoms with Crippen LogP contribution >= 0.6 is 0 Å². The summed E-state index contributed by atoms with van der Waals surface area (Å²) in [6.45, 7) is 3.36. The highest BCUT2D eigenvalue weighted by Crippen LogP contribution is 2.21. The van der Waals surface area contributed by atoms with E-state index in [1.165, 1.54) is 5.56 Å². The van der Waals surface area contributed by atoms with Crippen LogP contribution in [0.4, 0.5) is 0 Å². The molecule has 0 saturated heterocycles. The molecule has 56 valence electrons. The molecule has 4 nitrogen and oxygen atoms in total. The van der Waals surface area contributed by atoms with Crippen molar-refractivity contribution in [1.82, 2.24) is 15.1 Å². The maximum absolute atomic E-state index is 8.59. The Hall–Kier alpha value is -1.50. The molecule has 11 heavy (non-hydrogen) atoms. The Kier molecular flexibility index (Phi) is 1.13. The summed E-state index contributed by atoms with van der Waals surface area (Å²) in [4.78, 5) is 1.70. The van der Waals surface area contributed by atoms with Crippen LogP contribution in [0.15, 0.2) is 0 Å². The Morgan fingerprint density at radius 3 is 3.09 bits per heavy atom. The van der Waals surface area contributed by atoms with Crippen molar-refractivity contribution in [2.75, 3.05) is 0 Å². The summed E-state index contributed by atoms with van der Waals surface area (Å²) in [5.41, 5.74) is 3.29. The highest BCUT2D eigenvalue weighted by atomic mass is 15.2. The van der Waals surface area contributed by atoms with Crippen LogP contribution in [0, 0.1) is 18.4 Å². The summed E-state index contributed by atoms with van der Waals surface area (Å²) in [6.07, 6.45) is 2.11. The van der Waals surface area contributed by atoms with Crippen LogP contribution in [0.5, 0.6) is 0 Å². The minimum Gasteiger partial charge on any atom is -0.300 e. The molecule has 1 aromatic heterocycles. The summed E-state index contributed by atoms with van der Waals surface area (Å²) in [7, 11) is 0.